The molecular formula is C20H22F3N3O. The number of rotatable bonds is 6. The van der Waals surface area contributed by atoms with Crippen LogP contribution < -0.4 is 5.32 Å². The van der Waals surface area contributed by atoms with Crippen LogP contribution in [0.3, 0.4) is 0 Å². The third-order valence-electron chi connectivity index (χ3n) is 4.07. The van der Waals surface area contributed by atoms with E-state index in [4.69, 9.17) is 0 Å². The quantitative estimate of drug-likeness (QED) is 0.520. The molecule has 4 nitrogen and oxygen atoms in total. The maximum Gasteiger partial charge on any atom is 0.418 e. The van der Waals surface area contributed by atoms with Gasteiger partial charge in [0.1, 0.15) is 11.3 Å². The summed E-state index contributed by atoms with van der Waals surface area (Å²) in [5.41, 5.74) is 1.09. The molecule has 27 heavy (non-hydrogen) atoms. The summed E-state index contributed by atoms with van der Waals surface area (Å²) in [4.78, 5) is 7.79. The second-order valence-electron chi connectivity index (χ2n) is 6.04. The summed E-state index contributed by atoms with van der Waals surface area (Å²) in [6, 6.07) is 2.61. The predicted octanol–water partition coefficient (Wildman–Crippen LogP) is 5.44. The SMILES string of the molecule is C\C=C(NCc1cc(C(F)(F)F)c2nccnc2c1)/C(O)=C\C=C(/C)CC. The minimum atomic E-state index is -4.53. The van der Waals surface area contributed by atoms with E-state index in [2.05, 4.69) is 15.3 Å². The molecule has 0 bridgehead atoms. The van der Waals surface area contributed by atoms with E-state index in [-0.39, 0.29) is 23.3 Å². The number of alkyl halides is 3. The van der Waals surface area contributed by atoms with Crippen molar-refractivity contribution in [3.05, 3.63) is 70.9 Å². The van der Waals surface area contributed by atoms with Crippen LogP contribution in [0.2, 0.25) is 0 Å². The smallest absolute Gasteiger partial charge is 0.418 e. The van der Waals surface area contributed by atoms with Crippen molar-refractivity contribution in [3.8, 4) is 0 Å². The number of hydrogen-bond acceptors (Lipinski definition) is 4. The number of fused-ring (bicyclic) bond motifs is 1. The zero-order valence-corrected chi connectivity index (χ0v) is 15.4. The fraction of sp³-hybridized carbons (Fsp3) is 0.300. The second kappa shape index (κ2) is 8.70. The topological polar surface area (TPSA) is 58.0 Å². The first-order valence-electron chi connectivity index (χ1n) is 8.54. The maximum atomic E-state index is 13.3. The van der Waals surface area contributed by atoms with Crippen molar-refractivity contribution in [1.29, 1.82) is 0 Å². The number of allylic oxidation sites excluding steroid dienone is 4. The van der Waals surface area contributed by atoms with Crippen LogP contribution >= 0.6 is 0 Å². The lowest BCUT2D eigenvalue weighted by atomic mass is 10.1. The summed E-state index contributed by atoms with van der Waals surface area (Å²) >= 11 is 0. The lowest BCUT2D eigenvalue weighted by Crippen LogP contribution is -2.16. The standard InChI is InChI=1S/C20H22F3N3O/c1-4-13(3)6-7-18(27)16(5-2)26-12-14-10-15(20(21,22)23)19-17(11-14)24-8-9-25-19/h5-11,26-27H,4,12H2,1-3H3/b13-6+,16-5+,18-7+. The van der Waals surface area contributed by atoms with Gasteiger partial charge in [-0.25, -0.2) is 0 Å². The van der Waals surface area contributed by atoms with Gasteiger partial charge in [-0.15, -0.1) is 0 Å². The molecule has 0 aliphatic heterocycles. The molecule has 1 aromatic carbocycles. The molecular weight excluding hydrogens is 355 g/mol. The Morgan fingerprint density at radius 1 is 1.19 bits per heavy atom. The van der Waals surface area contributed by atoms with Crippen molar-refractivity contribution in [2.24, 2.45) is 0 Å². The Balaban J connectivity index is 2.28. The predicted molar refractivity (Wildman–Crippen MR) is 99.9 cm³/mol. The molecule has 1 aromatic heterocycles. The van der Waals surface area contributed by atoms with Crippen molar-refractivity contribution in [1.82, 2.24) is 15.3 Å². The van der Waals surface area contributed by atoms with Crippen LogP contribution in [0.4, 0.5) is 13.2 Å². The Bertz CT molecular complexity index is 899. The Morgan fingerprint density at radius 3 is 2.52 bits per heavy atom. The van der Waals surface area contributed by atoms with Crippen molar-refractivity contribution in [3.63, 3.8) is 0 Å². The second-order valence-corrected chi connectivity index (χ2v) is 6.04. The fourth-order valence-electron chi connectivity index (χ4n) is 2.42. The van der Waals surface area contributed by atoms with Crippen LogP contribution in [0.1, 0.15) is 38.3 Å². The average Bonchev–Trinajstić information content (AvgIpc) is 2.65. The molecule has 0 spiro atoms. The van der Waals surface area contributed by atoms with Crippen LogP contribution in [0.25, 0.3) is 11.0 Å². The van der Waals surface area contributed by atoms with Gasteiger partial charge >= 0.3 is 6.18 Å². The van der Waals surface area contributed by atoms with Gasteiger partial charge in [-0.1, -0.05) is 24.6 Å². The Morgan fingerprint density at radius 2 is 1.89 bits per heavy atom. The number of nitrogens with one attached hydrogen (secondary N) is 1. The van der Waals surface area contributed by atoms with E-state index in [0.717, 1.165) is 18.1 Å². The molecule has 1 heterocycles. The molecule has 0 aliphatic rings. The van der Waals surface area contributed by atoms with Gasteiger partial charge in [0, 0.05) is 18.9 Å². The molecule has 2 rings (SSSR count). The first kappa shape index (κ1) is 20.5. The zero-order chi connectivity index (χ0) is 20.0. The number of benzene rings is 1. The van der Waals surface area contributed by atoms with Crippen molar-refractivity contribution in [2.45, 2.75) is 39.9 Å². The van der Waals surface area contributed by atoms with Gasteiger partial charge in [0.15, 0.2) is 0 Å². The lowest BCUT2D eigenvalue weighted by molar-refractivity contribution is -0.136. The highest BCUT2D eigenvalue weighted by Gasteiger charge is 2.34. The van der Waals surface area contributed by atoms with E-state index in [0.29, 0.717) is 11.3 Å². The van der Waals surface area contributed by atoms with E-state index < -0.39 is 11.7 Å². The van der Waals surface area contributed by atoms with E-state index in [9.17, 15) is 18.3 Å². The number of hydrogen-bond donors (Lipinski definition) is 2. The van der Waals surface area contributed by atoms with Crippen molar-refractivity contribution < 1.29 is 18.3 Å². The minimum absolute atomic E-state index is 0.0157. The van der Waals surface area contributed by atoms with Crippen LogP contribution in [-0.2, 0) is 12.7 Å². The first-order chi connectivity index (χ1) is 12.8. The number of aliphatic hydroxyl groups is 1. The number of aromatic nitrogens is 2. The van der Waals surface area contributed by atoms with Crippen LogP contribution in [-0.4, -0.2) is 15.1 Å². The monoisotopic (exact) mass is 377 g/mol. The van der Waals surface area contributed by atoms with E-state index in [1.54, 1.807) is 31.2 Å². The summed E-state index contributed by atoms with van der Waals surface area (Å²) in [6.45, 7) is 5.78. The van der Waals surface area contributed by atoms with Gasteiger partial charge < -0.3 is 10.4 Å². The Kier molecular flexibility index (Phi) is 6.60. The molecule has 0 saturated carbocycles. The summed E-state index contributed by atoms with van der Waals surface area (Å²) in [7, 11) is 0. The fourth-order valence-corrected chi connectivity index (χ4v) is 2.42. The third-order valence-corrected chi connectivity index (χ3v) is 4.07. The van der Waals surface area contributed by atoms with Gasteiger partial charge in [0.25, 0.3) is 0 Å². The van der Waals surface area contributed by atoms with Crippen molar-refractivity contribution >= 4 is 11.0 Å². The zero-order valence-electron chi connectivity index (χ0n) is 15.4. The van der Waals surface area contributed by atoms with E-state index in [1.165, 1.54) is 12.4 Å². The van der Waals surface area contributed by atoms with Crippen LogP contribution in [0, 0.1) is 0 Å². The molecule has 0 amide bonds. The number of aliphatic hydroxyl groups excluding tert-OH is 1. The average molecular weight is 377 g/mol. The van der Waals surface area contributed by atoms with E-state index >= 15 is 0 Å². The molecule has 0 saturated heterocycles. The summed E-state index contributed by atoms with van der Waals surface area (Å²) < 4.78 is 40.0. The molecule has 2 aromatic rings. The van der Waals surface area contributed by atoms with Crippen LogP contribution in [0.15, 0.2) is 59.8 Å². The van der Waals surface area contributed by atoms with E-state index in [1.807, 2.05) is 13.8 Å². The largest absolute Gasteiger partial charge is 0.506 e. The first-order valence-corrected chi connectivity index (χ1v) is 8.54. The van der Waals surface area contributed by atoms with Crippen molar-refractivity contribution in [2.75, 3.05) is 0 Å². The molecule has 144 valence electrons. The highest BCUT2D eigenvalue weighted by Crippen LogP contribution is 2.34. The molecule has 7 heteroatoms. The highest BCUT2D eigenvalue weighted by molar-refractivity contribution is 5.79. The van der Waals surface area contributed by atoms with Gasteiger partial charge in [-0.2, -0.15) is 13.2 Å². The van der Waals surface area contributed by atoms with Gasteiger partial charge in [-0.3, -0.25) is 9.97 Å². The van der Waals surface area contributed by atoms with Gasteiger partial charge in [0.05, 0.1) is 16.8 Å². The Labute approximate surface area is 156 Å². The number of halogens is 3. The molecule has 0 aliphatic carbocycles. The van der Waals surface area contributed by atoms with Crippen LogP contribution in [0.5, 0.6) is 0 Å². The summed E-state index contributed by atoms with van der Waals surface area (Å²) in [5.74, 6) is 0.0157. The highest BCUT2D eigenvalue weighted by atomic mass is 19.4. The van der Waals surface area contributed by atoms with Gasteiger partial charge in [0.2, 0.25) is 0 Å². The summed E-state index contributed by atoms with van der Waals surface area (Å²) in [5, 5.41) is 13.1. The summed E-state index contributed by atoms with van der Waals surface area (Å²) in [6.07, 6.45) is 3.95. The molecule has 0 fully saturated rings. The third kappa shape index (κ3) is 5.32. The van der Waals surface area contributed by atoms with Gasteiger partial charge in [-0.05, 0) is 44.0 Å². The normalized spacial score (nSPS) is 13.9. The lowest BCUT2D eigenvalue weighted by Gasteiger charge is -2.14. The molecule has 2 N–H and O–H groups in total. The molecule has 0 radical (unpaired) electrons. The maximum absolute atomic E-state index is 13.3. The minimum Gasteiger partial charge on any atom is -0.506 e. The Hall–Kier alpha value is -2.83. The number of nitrogens with zero attached hydrogens (tertiary/aromatic N) is 2. The molecule has 0 atom stereocenters. The molecule has 0 unspecified atom stereocenters.